The SMILES string of the molecule is CCN(Cc1ccc(Cl)s1)C(=O)Nc1ccc(Sc2ncccn2)cc1C. The van der Waals surface area contributed by atoms with Gasteiger partial charge in [0, 0.05) is 34.4 Å². The van der Waals surface area contributed by atoms with Crippen molar-refractivity contribution in [2.24, 2.45) is 0 Å². The average Bonchev–Trinajstić information content (AvgIpc) is 3.07. The van der Waals surface area contributed by atoms with Gasteiger partial charge in [0.05, 0.1) is 10.9 Å². The van der Waals surface area contributed by atoms with Crippen LogP contribution in [0, 0.1) is 6.92 Å². The van der Waals surface area contributed by atoms with Gasteiger partial charge in [-0.1, -0.05) is 11.6 Å². The molecular formula is C19H19ClN4OS2. The van der Waals surface area contributed by atoms with E-state index in [-0.39, 0.29) is 6.03 Å². The van der Waals surface area contributed by atoms with Crippen LogP contribution in [-0.2, 0) is 6.54 Å². The number of carbonyl (C=O) groups is 1. The number of nitrogens with zero attached hydrogens (tertiary/aromatic N) is 3. The molecule has 0 aliphatic carbocycles. The van der Waals surface area contributed by atoms with E-state index in [9.17, 15) is 4.79 Å². The number of hydrogen-bond donors (Lipinski definition) is 1. The number of anilines is 1. The number of aromatic nitrogens is 2. The van der Waals surface area contributed by atoms with Gasteiger partial charge in [0.25, 0.3) is 0 Å². The molecule has 1 aromatic carbocycles. The number of aryl methyl sites for hydroxylation is 1. The van der Waals surface area contributed by atoms with Gasteiger partial charge in [-0.2, -0.15) is 0 Å². The molecule has 1 N–H and O–H groups in total. The summed E-state index contributed by atoms with van der Waals surface area (Å²) < 4.78 is 0.729. The first-order chi connectivity index (χ1) is 13.0. The molecule has 0 bridgehead atoms. The number of amides is 2. The molecule has 3 rings (SSSR count). The minimum absolute atomic E-state index is 0.128. The van der Waals surface area contributed by atoms with Crippen molar-refractivity contribution < 1.29 is 4.79 Å². The van der Waals surface area contributed by atoms with Crippen LogP contribution in [0.5, 0.6) is 0 Å². The first-order valence-corrected chi connectivity index (χ1v) is 10.4. The standard InChI is InChI=1S/C19H19ClN4OS2/c1-3-24(12-15-6-8-17(20)26-15)19(25)23-16-7-5-14(11-13(16)2)27-18-21-9-4-10-22-18/h4-11H,3,12H2,1-2H3,(H,23,25). The molecule has 0 fully saturated rings. The first kappa shape index (κ1) is 19.7. The van der Waals surface area contributed by atoms with Crippen molar-refractivity contribution in [3.63, 3.8) is 0 Å². The third kappa shape index (κ3) is 5.45. The molecule has 0 saturated carbocycles. The highest BCUT2D eigenvalue weighted by Gasteiger charge is 2.14. The van der Waals surface area contributed by atoms with E-state index in [0.717, 1.165) is 25.4 Å². The van der Waals surface area contributed by atoms with Crippen molar-refractivity contribution in [3.05, 3.63) is 63.6 Å². The van der Waals surface area contributed by atoms with Crippen LogP contribution < -0.4 is 5.32 Å². The predicted octanol–water partition coefficient (Wildman–Crippen LogP) is 5.71. The lowest BCUT2D eigenvalue weighted by Crippen LogP contribution is -2.34. The van der Waals surface area contributed by atoms with Crippen LogP contribution in [0.25, 0.3) is 0 Å². The zero-order chi connectivity index (χ0) is 19.2. The fourth-order valence-electron chi connectivity index (χ4n) is 2.43. The molecule has 0 aliphatic heterocycles. The Hall–Kier alpha value is -2.09. The van der Waals surface area contributed by atoms with E-state index in [1.165, 1.54) is 23.1 Å². The summed E-state index contributed by atoms with van der Waals surface area (Å²) in [7, 11) is 0. The quantitative estimate of drug-likeness (QED) is 0.521. The van der Waals surface area contributed by atoms with E-state index < -0.39 is 0 Å². The van der Waals surface area contributed by atoms with Crippen molar-refractivity contribution in [3.8, 4) is 0 Å². The third-order valence-corrected chi connectivity index (χ3v) is 5.93. The Bertz CT molecular complexity index is 917. The highest BCUT2D eigenvalue weighted by atomic mass is 35.5. The van der Waals surface area contributed by atoms with Gasteiger partial charge in [0.15, 0.2) is 5.16 Å². The van der Waals surface area contributed by atoms with E-state index in [0.29, 0.717) is 18.2 Å². The zero-order valence-electron chi connectivity index (χ0n) is 15.0. The van der Waals surface area contributed by atoms with Crippen LogP contribution in [0.2, 0.25) is 4.34 Å². The Balaban J connectivity index is 1.66. The summed E-state index contributed by atoms with van der Waals surface area (Å²) in [5, 5.41) is 3.69. The van der Waals surface area contributed by atoms with Crippen molar-refractivity contribution in [1.82, 2.24) is 14.9 Å². The molecule has 2 heterocycles. The summed E-state index contributed by atoms with van der Waals surface area (Å²) in [5.41, 5.74) is 1.78. The van der Waals surface area contributed by atoms with Crippen LogP contribution in [0.1, 0.15) is 17.4 Å². The minimum Gasteiger partial charge on any atom is -0.320 e. The van der Waals surface area contributed by atoms with E-state index in [1.807, 2.05) is 44.2 Å². The van der Waals surface area contributed by atoms with Crippen molar-refractivity contribution in [2.75, 3.05) is 11.9 Å². The molecule has 5 nitrogen and oxygen atoms in total. The highest BCUT2D eigenvalue weighted by molar-refractivity contribution is 7.99. The maximum atomic E-state index is 12.6. The summed E-state index contributed by atoms with van der Waals surface area (Å²) >= 11 is 8.96. The van der Waals surface area contributed by atoms with Crippen LogP contribution >= 0.6 is 34.7 Å². The molecule has 0 unspecified atom stereocenters. The van der Waals surface area contributed by atoms with Crippen LogP contribution in [0.3, 0.4) is 0 Å². The van der Waals surface area contributed by atoms with E-state index in [4.69, 9.17) is 11.6 Å². The fourth-order valence-corrected chi connectivity index (χ4v) is 4.34. The molecular weight excluding hydrogens is 400 g/mol. The summed E-state index contributed by atoms with van der Waals surface area (Å²) in [5.74, 6) is 0. The van der Waals surface area contributed by atoms with Gasteiger partial charge >= 0.3 is 6.03 Å². The molecule has 0 spiro atoms. The largest absolute Gasteiger partial charge is 0.322 e. The molecule has 27 heavy (non-hydrogen) atoms. The predicted molar refractivity (Wildman–Crippen MR) is 112 cm³/mol. The maximum absolute atomic E-state index is 12.6. The number of rotatable bonds is 6. The van der Waals surface area contributed by atoms with Crippen molar-refractivity contribution in [2.45, 2.75) is 30.4 Å². The number of halogens is 1. The number of nitrogens with one attached hydrogen (secondary N) is 1. The van der Waals surface area contributed by atoms with Crippen molar-refractivity contribution in [1.29, 1.82) is 0 Å². The molecule has 0 aliphatic rings. The second kappa shape index (κ2) is 9.21. The number of hydrogen-bond acceptors (Lipinski definition) is 5. The number of thiophene rings is 1. The second-order valence-corrected chi connectivity index (χ2v) is 8.60. The third-order valence-electron chi connectivity index (χ3n) is 3.84. The summed E-state index contributed by atoms with van der Waals surface area (Å²) in [6.07, 6.45) is 3.44. The number of benzene rings is 1. The summed E-state index contributed by atoms with van der Waals surface area (Å²) in [6, 6.07) is 11.4. The van der Waals surface area contributed by atoms with Crippen LogP contribution in [-0.4, -0.2) is 27.4 Å². The molecule has 3 aromatic rings. The lowest BCUT2D eigenvalue weighted by molar-refractivity contribution is 0.212. The monoisotopic (exact) mass is 418 g/mol. The maximum Gasteiger partial charge on any atom is 0.322 e. The van der Waals surface area contributed by atoms with Gasteiger partial charge < -0.3 is 10.2 Å². The van der Waals surface area contributed by atoms with Crippen LogP contribution in [0.4, 0.5) is 10.5 Å². The molecule has 140 valence electrons. The fraction of sp³-hybridized carbons (Fsp3) is 0.211. The normalized spacial score (nSPS) is 10.6. The molecule has 2 aromatic heterocycles. The minimum atomic E-state index is -0.128. The summed E-state index contributed by atoms with van der Waals surface area (Å²) in [6.45, 7) is 5.08. The lowest BCUT2D eigenvalue weighted by atomic mass is 10.2. The van der Waals surface area contributed by atoms with Gasteiger partial charge in [0.1, 0.15) is 0 Å². The molecule has 0 atom stereocenters. The Labute approximate surface area is 171 Å². The molecule has 2 amide bonds. The van der Waals surface area contributed by atoms with Crippen molar-refractivity contribution >= 4 is 46.4 Å². The molecule has 0 radical (unpaired) electrons. The lowest BCUT2D eigenvalue weighted by Gasteiger charge is -2.21. The van der Waals surface area contributed by atoms with E-state index in [2.05, 4.69) is 15.3 Å². The van der Waals surface area contributed by atoms with Gasteiger partial charge in [-0.3, -0.25) is 0 Å². The van der Waals surface area contributed by atoms with Gasteiger partial charge in [-0.05, 0) is 67.6 Å². The smallest absolute Gasteiger partial charge is 0.320 e. The van der Waals surface area contributed by atoms with Gasteiger partial charge in [-0.15, -0.1) is 11.3 Å². The van der Waals surface area contributed by atoms with Gasteiger partial charge in [0.2, 0.25) is 0 Å². The Morgan fingerprint density at radius 1 is 1.26 bits per heavy atom. The van der Waals surface area contributed by atoms with E-state index >= 15 is 0 Å². The highest BCUT2D eigenvalue weighted by Crippen LogP contribution is 2.28. The number of carbonyl (C=O) groups excluding carboxylic acids is 1. The zero-order valence-corrected chi connectivity index (χ0v) is 17.4. The molecule has 0 saturated heterocycles. The second-order valence-electron chi connectivity index (χ2n) is 5.76. The Morgan fingerprint density at radius 2 is 2.04 bits per heavy atom. The number of urea groups is 1. The molecule has 8 heteroatoms. The topological polar surface area (TPSA) is 58.1 Å². The van der Waals surface area contributed by atoms with Gasteiger partial charge in [-0.25, -0.2) is 14.8 Å². The van der Waals surface area contributed by atoms with E-state index in [1.54, 1.807) is 23.4 Å². The Kier molecular flexibility index (Phi) is 6.71. The average molecular weight is 419 g/mol. The Morgan fingerprint density at radius 3 is 2.67 bits per heavy atom. The summed E-state index contributed by atoms with van der Waals surface area (Å²) in [4.78, 5) is 24.9. The first-order valence-electron chi connectivity index (χ1n) is 8.41. The van der Waals surface area contributed by atoms with Crippen LogP contribution in [0.15, 0.2) is 58.8 Å².